The van der Waals surface area contributed by atoms with E-state index in [-0.39, 0.29) is 30.5 Å². The predicted molar refractivity (Wildman–Crippen MR) is 112 cm³/mol. The zero-order chi connectivity index (χ0) is 19.2. The second-order valence-corrected chi connectivity index (χ2v) is 6.89. The third kappa shape index (κ3) is 5.97. The number of nitro groups is 1. The minimum Gasteiger partial charge on any atom is -0.484 e. The van der Waals surface area contributed by atoms with Crippen molar-refractivity contribution >= 4 is 35.4 Å². The predicted octanol–water partition coefficient (Wildman–Crippen LogP) is 3.23. The third-order valence-electron chi connectivity index (χ3n) is 4.51. The van der Waals surface area contributed by atoms with E-state index in [2.05, 4.69) is 9.80 Å². The molecule has 0 amide bonds. The van der Waals surface area contributed by atoms with Gasteiger partial charge in [-0.15, -0.1) is 12.4 Å². The Kier molecular flexibility index (Phi) is 8.32. The molecule has 1 saturated heterocycles. The SMILES string of the molecule is Cl.O=[N+]([O-])c1ccccc1OCC(O)CN1CCN(c2cccc(Cl)c2)CC1. The first kappa shape index (κ1) is 22.2. The Morgan fingerprint density at radius 3 is 2.54 bits per heavy atom. The van der Waals surface area contributed by atoms with E-state index >= 15 is 0 Å². The molecule has 7 nitrogen and oxygen atoms in total. The lowest BCUT2D eigenvalue weighted by atomic mass is 10.2. The number of hydrogen-bond donors (Lipinski definition) is 1. The molecule has 2 aromatic rings. The van der Waals surface area contributed by atoms with Crippen LogP contribution in [0.1, 0.15) is 0 Å². The summed E-state index contributed by atoms with van der Waals surface area (Å²) in [5.74, 6) is 0.173. The average Bonchev–Trinajstić information content (AvgIpc) is 2.67. The Balaban J connectivity index is 0.00000280. The molecule has 9 heteroatoms. The molecule has 1 atom stereocenters. The normalized spacial score (nSPS) is 15.6. The maximum atomic E-state index is 11.0. The number of nitro benzene ring substituents is 1. The molecular weight excluding hydrogens is 405 g/mol. The smallest absolute Gasteiger partial charge is 0.310 e. The van der Waals surface area contributed by atoms with Crippen molar-refractivity contribution in [2.24, 2.45) is 0 Å². The summed E-state index contributed by atoms with van der Waals surface area (Å²) in [6.45, 7) is 3.80. The van der Waals surface area contributed by atoms with Gasteiger partial charge in [-0.05, 0) is 24.3 Å². The van der Waals surface area contributed by atoms with Gasteiger partial charge < -0.3 is 14.7 Å². The van der Waals surface area contributed by atoms with Crippen LogP contribution in [-0.4, -0.2) is 60.4 Å². The number of nitrogens with zero attached hydrogens (tertiary/aromatic N) is 3. The van der Waals surface area contributed by atoms with Crippen LogP contribution in [0.3, 0.4) is 0 Å². The van der Waals surface area contributed by atoms with Gasteiger partial charge >= 0.3 is 5.69 Å². The van der Waals surface area contributed by atoms with Crippen LogP contribution in [-0.2, 0) is 0 Å². The summed E-state index contributed by atoms with van der Waals surface area (Å²) in [6.07, 6.45) is -0.720. The summed E-state index contributed by atoms with van der Waals surface area (Å²) >= 11 is 6.05. The number of β-amino-alcohol motifs (C(OH)–C–C–N with tert-alkyl or cyclic N) is 1. The van der Waals surface area contributed by atoms with Gasteiger partial charge in [-0.1, -0.05) is 29.8 Å². The average molecular weight is 428 g/mol. The van der Waals surface area contributed by atoms with E-state index in [9.17, 15) is 15.2 Å². The molecule has 1 unspecified atom stereocenters. The number of hydrogen-bond acceptors (Lipinski definition) is 6. The Bertz CT molecular complexity index is 785. The lowest BCUT2D eigenvalue weighted by molar-refractivity contribution is -0.385. The number of aliphatic hydroxyl groups excluding tert-OH is 1. The van der Waals surface area contributed by atoms with Crippen LogP contribution in [0.4, 0.5) is 11.4 Å². The first-order valence-corrected chi connectivity index (χ1v) is 9.18. The fraction of sp³-hybridized carbons (Fsp3) is 0.368. The van der Waals surface area contributed by atoms with Crippen LogP contribution in [0, 0.1) is 10.1 Å². The van der Waals surface area contributed by atoms with Gasteiger partial charge in [0.1, 0.15) is 12.7 Å². The number of piperazine rings is 1. The first-order chi connectivity index (χ1) is 13.0. The molecular formula is C19H23Cl2N3O4. The lowest BCUT2D eigenvalue weighted by Gasteiger charge is -2.36. The number of benzene rings is 2. The largest absolute Gasteiger partial charge is 0.484 e. The van der Waals surface area contributed by atoms with Crippen LogP contribution < -0.4 is 9.64 Å². The van der Waals surface area contributed by atoms with E-state index in [1.807, 2.05) is 24.3 Å². The second kappa shape index (κ2) is 10.5. The standard InChI is InChI=1S/C19H22ClN3O4.ClH/c20-15-4-3-5-16(12-15)22-10-8-21(9-11-22)13-17(24)14-27-19-7-2-1-6-18(19)23(25)26;/h1-7,12,17,24H,8-11,13-14H2;1H. The number of anilines is 1. The van der Waals surface area contributed by atoms with Gasteiger partial charge in [-0.25, -0.2) is 0 Å². The van der Waals surface area contributed by atoms with Crippen LogP contribution >= 0.6 is 24.0 Å². The Morgan fingerprint density at radius 2 is 1.86 bits per heavy atom. The highest BCUT2D eigenvalue weighted by Gasteiger charge is 2.21. The molecule has 1 aliphatic heterocycles. The molecule has 1 fully saturated rings. The molecule has 152 valence electrons. The lowest BCUT2D eigenvalue weighted by Crippen LogP contribution is -2.49. The molecule has 3 rings (SSSR count). The van der Waals surface area contributed by atoms with Gasteiger partial charge in [-0.3, -0.25) is 15.0 Å². The number of aliphatic hydroxyl groups is 1. The summed E-state index contributed by atoms with van der Waals surface area (Å²) in [5, 5.41) is 22.0. The maximum absolute atomic E-state index is 11.0. The molecule has 0 bridgehead atoms. The summed E-state index contributed by atoms with van der Waals surface area (Å²) < 4.78 is 5.46. The Labute approximate surface area is 175 Å². The van der Waals surface area contributed by atoms with Crippen molar-refractivity contribution in [1.82, 2.24) is 4.90 Å². The molecule has 0 aromatic heterocycles. The van der Waals surface area contributed by atoms with Crippen LogP contribution in [0.15, 0.2) is 48.5 Å². The minimum absolute atomic E-state index is 0. The highest BCUT2D eigenvalue weighted by Crippen LogP contribution is 2.26. The molecule has 1 N–H and O–H groups in total. The Morgan fingerprint density at radius 1 is 1.14 bits per heavy atom. The first-order valence-electron chi connectivity index (χ1n) is 8.80. The van der Waals surface area contributed by atoms with E-state index in [0.29, 0.717) is 6.54 Å². The van der Waals surface area contributed by atoms with Crippen LogP contribution in [0.25, 0.3) is 0 Å². The molecule has 1 aliphatic rings. The van der Waals surface area contributed by atoms with Crippen LogP contribution in [0.5, 0.6) is 5.75 Å². The van der Waals surface area contributed by atoms with Crippen molar-refractivity contribution in [1.29, 1.82) is 0 Å². The van der Waals surface area contributed by atoms with Crippen molar-refractivity contribution in [3.05, 3.63) is 63.7 Å². The fourth-order valence-electron chi connectivity index (χ4n) is 3.13. The fourth-order valence-corrected chi connectivity index (χ4v) is 3.31. The summed E-state index contributed by atoms with van der Waals surface area (Å²) in [6, 6.07) is 14.0. The monoisotopic (exact) mass is 427 g/mol. The molecule has 0 spiro atoms. The molecule has 1 heterocycles. The number of rotatable bonds is 7. The van der Waals surface area contributed by atoms with Crippen molar-refractivity contribution in [2.45, 2.75) is 6.10 Å². The van der Waals surface area contributed by atoms with E-state index in [4.69, 9.17) is 16.3 Å². The van der Waals surface area contributed by atoms with Gasteiger partial charge in [-0.2, -0.15) is 0 Å². The zero-order valence-corrected chi connectivity index (χ0v) is 16.8. The van der Waals surface area contributed by atoms with Crippen LogP contribution in [0.2, 0.25) is 5.02 Å². The third-order valence-corrected chi connectivity index (χ3v) is 4.74. The molecule has 0 saturated carbocycles. The highest BCUT2D eigenvalue weighted by atomic mass is 35.5. The maximum Gasteiger partial charge on any atom is 0.310 e. The quantitative estimate of drug-likeness (QED) is 0.539. The summed E-state index contributed by atoms with van der Waals surface area (Å²) in [5.41, 5.74) is 1.00. The van der Waals surface area contributed by atoms with E-state index in [1.165, 1.54) is 12.1 Å². The number of ether oxygens (including phenoxy) is 1. The van der Waals surface area contributed by atoms with Crippen molar-refractivity contribution in [2.75, 3.05) is 44.2 Å². The molecule has 28 heavy (non-hydrogen) atoms. The van der Waals surface area contributed by atoms with Gasteiger partial charge in [0, 0.05) is 49.5 Å². The van der Waals surface area contributed by atoms with Gasteiger partial charge in [0.25, 0.3) is 0 Å². The van der Waals surface area contributed by atoms with Gasteiger partial charge in [0.05, 0.1) is 4.92 Å². The van der Waals surface area contributed by atoms with Crippen molar-refractivity contribution in [3.63, 3.8) is 0 Å². The highest BCUT2D eigenvalue weighted by molar-refractivity contribution is 6.30. The summed E-state index contributed by atoms with van der Waals surface area (Å²) in [4.78, 5) is 14.9. The van der Waals surface area contributed by atoms with Crippen molar-refractivity contribution < 1.29 is 14.8 Å². The molecule has 2 aromatic carbocycles. The summed E-state index contributed by atoms with van der Waals surface area (Å²) in [7, 11) is 0. The second-order valence-electron chi connectivity index (χ2n) is 6.46. The molecule has 0 aliphatic carbocycles. The Hall–Kier alpha value is -2.06. The van der Waals surface area contributed by atoms with E-state index < -0.39 is 11.0 Å². The number of halogens is 2. The van der Waals surface area contributed by atoms with Gasteiger partial charge in [0.15, 0.2) is 5.75 Å². The zero-order valence-electron chi connectivity index (χ0n) is 15.2. The molecule has 0 radical (unpaired) electrons. The minimum atomic E-state index is -0.720. The topological polar surface area (TPSA) is 79.1 Å². The van der Waals surface area contributed by atoms with E-state index in [0.717, 1.165) is 36.9 Å². The van der Waals surface area contributed by atoms with Gasteiger partial charge in [0.2, 0.25) is 0 Å². The number of para-hydroxylation sites is 2. The van der Waals surface area contributed by atoms with Crippen molar-refractivity contribution in [3.8, 4) is 5.75 Å². The van der Waals surface area contributed by atoms with E-state index in [1.54, 1.807) is 12.1 Å².